The summed E-state index contributed by atoms with van der Waals surface area (Å²) in [6.07, 6.45) is 0.0120. The molecule has 3 rings (SSSR count). The average molecular weight is 554 g/mol. The Bertz CT molecular complexity index is 1220. The van der Waals surface area contributed by atoms with Gasteiger partial charge in [0, 0.05) is 11.6 Å². The number of aliphatic hydroxyl groups excluding tert-OH is 1. The molecule has 194 valence electrons. The van der Waals surface area contributed by atoms with Crippen molar-refractivity contribution in [3.63, 3.8) is 0 Å². The van der Waals surface area contributed by atoms with Crippen LogP contribution in [-0.4, -0.2) is 45.8 Å². The van der Waals surface area contributed by atoms with Gasteiger partial charge in [-0.25, -0.2) is 13.2 Å². The summed E-state index contributed by atoms with van der Waals surface area (Å²) in [5.74, 6) is -0.114. The molecule has 10 heteroatoms. The lowest BCUT2D eigenvalue weighted by Crippen LogP contribution is -2.23. The second kappa shape index (κ2) is 14.2. The van der Waals surface area contributed by atoms with Gasteiger partial charge in [-0.3, -0.25) is 0 Å². The van der Waals surface area contributed by atoms with Gasteiger partial charge >= 0.3 is 5.97 Å². The Morgan fingerprint density at radius 2 is 1.67 bits per heavy atom. The normalized spacial score (nSPS) is 11.9. The highest BCUT2D eigenvalue weighted by Gasteiger charge is 2.18. The molecule has 0 amide bonds. The highest BCUT2D eigenvalue weighted by molar-refractivity contribution is 7.91. The van der Waals surface area contributed by atoms with E-state index in [0.29, 0.717) is 30.3 Å². The number of hydrogen-bond acceptors (Lipinski definition) is 7. The first kappa shape index (κ1) is 29.6. The Morgan fingerprint density at radius 3 is 2.28 bits per heavy atom. The predicted molar refractivity (Wildman–Crippen MR) is 141 cm³/mol. The summed E-state index contributed by atoms with van der Waals surface area (Å²) in [4.78, 5) is 11.7. The first-order chi connectivity index (χ1) is 16.8. The first-order valence-corrected chi connectivity index (χ1v) is 13.0. The van der Waals surface area contributed by atoms with E-state index in [1.54, 1.807) is 49.4 Å². The minimum Gasteiger partial charge on any atom is -0.482 e. The van der Waals surface area contributed by atoms with E-state index < -0.39 is 21.9 Å². The largest absolute Gasteiger partial charge is 0.482 e. The maximum Gasteiger partial charge on any atom is 0.344 e. The third kappa shape index (κ3) is 8.50. The van der Waals surface area contributed by atoms with Crippen LogP contribution in [0.4, 0.5) is 0 Å². The van der Waals surface area contributed by atoms with Crippen molar-refractivity contribution >= 4 is 39.8 Å². The predicted octanol–water partition coefficient (Wildman–Crippen LogP) is 4.40. The summed E-state index contributed by atoms with van der Waals surface area (Å²) in [6.45, 7) is 2.73. The molecule has 0 radical (unpaired) electrons. The molecule has 0 aromatic heterocycles. The van der Waals surface area contributed by atoms with Gasteiger partial charge < -0.3 is 19.9 Å². The fourth-order valence-corrected chi connectivity index (χ4v) is 4.79. The zero-order chi connectivity index (χ0) is 25.3. The van der Waals surface area contributed by atoms with Crippen molar-refractivity contribution in [2.24, 2.45) is 0 Å². The number of sulfone groups is 1. The SMILES string of the molecule is CCOC(=O)COc1ccc(S(=O)(=O)c2ccc(CCNC[C@H](O)c3cccc(Cl)c3)cc2)cc1.Cl. The zero-order valence-electron chi connectivity index (χ0n) is 19.7. The Kier molecular flexibility index (Phi) is 11.7. The Morgan fingerprint density at radius 1 is 1.03 bits per heavy atom. The van der Waals surface area contributed by atoms with Crippen molar-refractivity contribution in [2.75, 3.05) is 26.3 Å². The quantitative estimate of drug-likeness (QED) is 0.253. The molecule has 0 fully saturated rings. The Hall–Kier alpha value is -2.62. The number of aliphatic hydroxyl groups is 1. The number of rotatable bonds is 12. The molecule has 36 heavy (non-hydrogen) atoms. The second-order valence-electron chi connectivity index (χ2n) is 7.74. The van der Waals surface area contributed by atoms with Gasteiger partial charge in [-0.2, -0.15) is 0 Å². The maximum atomic E-state index is 12.9. The van der Waals surface area contributed by atoms with Gasteiger partial charge in [0.25, 0.3) is 0 Å². The van der Waals surface area contributed by atoms with Gasteiger partial charge in [0.05, 0.1) is 22.5 Å². The van der Waals surface area contributed by atoms with Gasteiger partial charge in [-0.05, 0) is 79.5 Å². The molecule has 2 N–H and O–H groups in total. The van der Waals surface area contributed by atoms with E-state index >= 15 is 0 Å². The number of esters is 1. The summed E-state index contributed by atoms with van der Waals surface area (Å²) in [5.41, 5.74) is 1.72. The maximum absolute atomic E-state index is 12.9. The van der Waals surface area contributed by atoms with E-state index in [1.807, 2.05) is 6.07 Å². The topological polar surface area (TPSA) is 102 Å². The Labute approximate surface area is 222 Å². The molecule has 3 aromatic carbocycles. The minimum atomic E-state index is -3.69. The summed E-state index contributed by atoms with van der Waals surface area (Å²) < 4.78 is 36.0. The molecule has 0 heterocycles. The molecule has 0 spiro atoms. The van der Waals surface area contributed by atoms with Crippen LogP contribution in [0.15, 0.2) is 82.6 Å². The van der Waals surface area contributed by atoms with E-state index in [-0.39, 0.29) is 35.4 Å². The van der Waals surface area contributed by atoms with E-state index in [2.05, 4.69) is 5.32 Å². The van der Waals surface area contributed by atoms with E-state index in [9.17, 15) is 18.3 Å². The molecule has 7 nitrogen and oxygen atoms in total. The van der Waals surface area contributed by atoms with Crippen LogP contribution in [0.2, 0.25) is 5.02 Å². The van der Waals surface area contributed by atoms with Crippen molar-refractivity contribution in [1.82, 2.24) is 5.32 Å². The molecule has 3 aromatic rings. The van der Waals surface area contributed by atoms with Gasteiger partial charge in [0.15, 0.2) is 6.61 Å². The van der Waals surface area contributed by atoms with Crippen LogP contribution in [0.25, 0.3) is 0 Å². The monoisotopic (exact) mass is 553 g/mol. The number of ether oxygens (including phenoxy) is 2. The second-order valence-corrected chi connectivity index (χ2v) is 10.1. The lowest BCUT2D eigenvalue weighted by atomic mass is 10.1. The minimum absolute atomic E-state index is 0. The smallest absolute Gasteiger partial charge is 0.344 e. The van der Waals surface area contributed by atoms with Crippen LogP contribution in [0.1, 0.15) is 24.2 Å². The molecular formula is C26H29Cl2NO6S. The van der Waals surface area contributed by atoms with Crippen LogP contribution in [0.5, 0.6) is 5.75 Å². The van der Waals surface area contributed by atoms with E-state index in [4.69, 9.17) is 21.1 Å². The third-order valence-electron chi connectivity index (χ3n) is 5.19. The van der Waals surface area contributed by atoms with Crippen LogP contribution in [0.3, 0.4) is 0 Å². The molecular weight excluding hydrogens is 525 g/mol. The summed E-state index contributed by atoms with van der Waals surface area (Å²) in [6, 6.07) is 19.7. The van der Waals surface area contributed by atoms with E-state index in [1.165, 1.54) is 24.3 Å². The molecule has 0 unspecified atom stereocenters. The lowest BCUT2D eigenvalue weighted by molar-refractivity contribution is -0.145. The van der Waals surface area contributed by atoms with Crippen molar-refractivity contribution < 1.29 is 27.8 Å². The number of nitrogens with one attached hydrogen (secondary N) is 1. The van der Waals surface area contributed by atoms with Crippen LogP contribution < -0.4 is 10.1 Å². The van der Waals surface area contributed by atoms with Crippen molar-refractivity contribution in [3.05, 3.63) is 88.9 Å². The van der Waals surface area contributed by atoms with E-state index in [0.717, 1.165) is 11.1 Å². The summed E-state index contributed by atoms with van der Waals surface area (Å²) in [7, 11) is -3.69. The van der Waals surface area contributed by atoms with Gasteiger partial charge in [-0.15, -0.1) is 12.4 Å². The fourth-order valence-electron chi connectivity index (χ4n) is 3.33. The zero-order valence-corrected chi connectivity index (χ0v) is 22.1. The molecule has 0 saturated heterocycles. The standard InChI is InChI=1S/C26H28ClNO6S.ClH/c1-2-33-26(30)18-34-22-8-12-24(13-9-22)35(31,32)23-10-6-19(7-11-23)14-15-28-17-25(29)20-4-3-5-21(27)16-20;/h3-13,16,25,28-29H,2,14-15,17-18H2,1H3;1H/t25-;/m0./s1. The lowest BCUT2D eigenvalue weighted by Gasteiger charge is -2.13. The molecule has 0 aliphatic carbocycles. The van der Waals surface area contributed by atoms with Crippen molar-refractivity contribution in [2.45, 2.75) is 29.2 Å². The van der Waals surface area contributed by atoms with Gasteiger partial charge in [-0.1, -0.05) is 35.9 Å². The Balaban J connectivity index is 0.00000456. The van der Waals surface area contributed by atoms with Crippen LogP contribution >= 0.6 is 24.0 Å². The number of hydrogen-bond donors (Lipinski definition) is 2. The van der Waals surface area contributed by atoms with Crippen LogP contribution in [0, 0.1) is 0 Å². The third-order valence-corrected chi connectivity index (χ3v) is 7.21. The number of halogens is 2. The number of benzene rings is 3. The molecule has 0 bridgehead atoms. The van der Waals surface area contributed by atoms with Gasteiger partial charge in [0.1, 0.15) is 5.75 Å². The van der Waals surface area contributed by atoms with Crippen LogP contribution in [-0.2, 0) is 25.8 Å². The highest BCUT2D eigenvalue weighted by Crippen LogP contribution is 2.24. The first-order valence-electron chi connectivity index (χ1n) is 11.2. The van der Waals surface area contributed by atoms with Crippen molar-refractivity contribution in [1.29, 1.82) is 0 Å². The summed E-state index contributed by atoms with van der Waals surface area (Å²) in [5, 5.41) is 14.0. The average Bonchev–Trinajstić information content (AvgIpc) is 2.86. The number of carbonyl (C=O) groups is 1. The molecule has 0 aliphatic rings. The molecule has 0 aliphatic heterocycles. The molecule has 1 atom stereocenters. The molecule has 0 saturated carbocycles. The summed E-state index contributed by atoms with van der Waals surface area (Å²) >= 11 is 5.96. The van der Waals surface area contributed by atoms with Crippen molar-refractivity contribution in [3.8, 4) is 5.75 Å². The van der Waals surface area contributed by atoms with Gasteiger partial charge in [0.2, 0.25) is 9.84 Å². The highest BCUT2D eigenvalue weighted by atomic mass is 35.5. The number of carbonyl (C=O) groups excluding carboxylic acids is 1. The fraction of sp³-hybridized carbons (Fsp3) is 0.269.